The smallest absolute Gasteiger partial charge is 0.228 e. The van der Waals surface area contributed by atoms with Gasteiger partial charge in [-0.25, -0.2) is 9.97 Å². The molecule has 2 aliphatic carbocycles. The highest BCUT2D eigenvalue weighted by Crippen LogP contribution is 2.36. The fourth-order valence-electron chi connectivity index (χ4n) is 5.71. The van der Waals surface area contributed by atoms with Gasteiger partial charge in [0.1, 0.15) is 11.6 Å². The summed E-state index contributed by atoms with van der Waals surface area (Å²) in [6, 6.07) is 0. The molecular formula is C25H36N4O2. The van der Waals surface area contributed by atoms with Gasteiger partial charge >= 0.3 is 0 Å². The van der Waals surface area contributed by atoms with Crippen molar-refractivity contribution in [2.75, 3.05) is 24.5 Å². The largest absolute Gasteiger partial charge is 0.342 e. The summed E-state index contributed by atoms with van der Waals surface area (Å²) in [7, 11) is 0. The van der Waals surface area contributed by atoms with Crippen LogP contribution in [0.2, 0.25) is 0 Å². The van der Waals surface area contributed by atoms with E-state index in [2.05, 4.69) is 11.8 Å². The zero-order valence-corrected chi connectivity index (χ0v) is 18.9. The Hall–Kier alpha value is -1.98. The van der Waals surface area contributed by atoms with E-state index in [4.69, 9.17) is 9.97 Å². The van der Waals surface area contributed by atoms with Crippen LogP contribution in [0.5, 0.6) is 0 Å². The number of rotatable bonds is 5. The Labute approximate surface area is 185 Å². The first-order chi connectivity index (χ1) is 15.1. The van der Waals surface area contributed by atoms with Gasteiger partial charge in [-0.05, 0) is 63.7 Å². The molecule has 6 heteroatoms. The van der Waals surface area contributed by atoms with Gasteiger partial charge in [0.15, 0.2) is 0 Å². The van der Waals surface area contributed by atoms with Gasteiger partial charge in [0.25, 0.3) is 0 Å². The first kappa shape index (κ1) is 20.9. The molecule has 6 nitrogen and oxygen atoms in total. The highest BCUT2D eigenvalue weighted by molar-refractivity contribution is 5.95. The molecule has 1 aromatic heterocycles. The molecule has 0 aromatic carbocycles. The monoisotopic (exact) mass is 424 g/mol. The number of hydrogen-bond acceptors (Lipinski definition) is 4. The molecule has 1 aromatic rings. The molecule has 2 amide bonds. The Morgan fingerprint density at radius 1 is 0.968 bits per heavy atom. The van der Waals surface area contributed by atoms with Gasteiger partial charge in [-0.3, -0.25) is 14.5 Å². The Morgan fingerprint density at radius 2 is 1.77 bits per heavy atom. The SMILES string of the molecule is Cc1nc([C@@H]2CCCN(C(=O)CC3CCCCC3)C2)nc2c1CCC(=O)N2CC1CC1. The van der Waals surface area contributed by atoms with Crippen LogP contribution in [0.15, 0.2) is 0 Å². The first-order valence-corrected chi connectivity index (χ1v) is 12.5. The molecule has 0 radical (unpaired) electrons. The van der Waals surface area contributed by atoms with E-state index in [1.54, 1.807) is 0 Å². The Bertz CT molecular complexity index is 844. The van der Waals surface area contributed by atoms with Crippen LogP contribution >= 0.6 is 0 Å². The van der Waals surface area contributed by atoms with E-state index in [9.17, 15) is 9.59 Å². The standard InChI is InChI=1S/C25H36N4O2/c1-17-21-11-12-22(30)29(15-19-9-10-19)25(21)27-24(26-17)20-8-5-13-28(16-20)23(31)14-18-6-3-2-4-7-18/h18-20H,2-16H2,1H3/t20-/m1/s1. The number of likely N-dealkylation sites (tertiary alicyclic amines) is 1. The number of fused-ring (bicyclic) bond motifs is 1. The number of carbonyl (C=O) groups excluding carboxylic acids is 2. The van der Waals surface area contributed by atoms with Gasteiger partial charge in [-0.1, -0.05) is 19.3 Å². The summed E-state index contributed by atoms with van der Waals surface area (Å²) in [6.45, 7) is 4.45. The summed E-state index contributed by atoms with van der Waals surface area (Å²) in [5, 5.41) is 0. The Balaban J connectivity index is 1.32. The van der Waals surface area contributed by atoms with Crippen LogP contribution in [0.4, 0.5) is 5.82 Å². The topological polar surface area (TPSA) is 66.4 Å². The second-order valence-electron chi connectivity index (χ2n) is 10.3. The van der Waals surface area contributed by atoms with E-state index in [1.165, 1.54) is 44.9 Å². The molecular weight excluding hydrogens is 388 g/mol. The summed E-state index contributed by atoms with van der Waals surface area (Å²) >= 11 is 0. The van der Waals surface area contributed by atoms with E-state index in [1.807, 2.05) is 4.90 Å². The minimum Gasteiger partial charge on any atom is -0.342 e. The zero-order chi connectivity index (χ0) is 21.4. The van der Waals surface area contributed by atoms with Crippen LogP contribution in [-0.2, 0) is 16.0 Å². The lowest BCUT2D eigenvalue weighted by molar-refractivity contribution is -0.133. The average molecular weight is 425 g/mol. The zero-order valence-electron chi connectivity index (χ0n) is 18.9. The van der Waals surface area contributed by atoms with Crippen molar-refractivity contribution in [1.29, 1.82) is 0 Å². The van der Waals surface area contributed by atoms with Gasteiger partial charge in [0, 0.05) is 49.7 Å². The molecule has 1 atom stereocenters. The van der Waals surface area contributed by atoms with Crippen molar-refractivity contribution in [3.63, 3.8) is 0 Å². The van der Waals surface area contributed by atoms with Crippen molar-refractivity contribution in [2.24, 2.45) is 11.8 Å². The molecule has 5 rings (SSSR count). The molecule has 4 aliphatic rings. The van der Waals surface area contributed by atoms with Crippen LogP contribution in [-0.4, -0.2) is 46.3 Å². The lowest BCUT2D eigenvalue weighted by Gasteiger charge is -2.35. The molecule has 3 fully saturated rings. The summed E-state index contributed by atoms with van der Waals surface area (Å²) < 4.78 is 0. The van der Waals surface area contributed by atoms with Gasteiger partial charge in [-0.2, -0.15) is 0 Å². The van der Waals surface area contributed by atoms with Crippen molar-refractivity contribution < 1.29 is 9.59 Å². The second kappa shape index (κ2) is 8.87. The number of amides is 2. The summed E-state index contributed by atoms with van der Waals surface area (Å²) in [4.78, 5) is 39.5. The van der Waals surface area contributed by atoms with Gasteiger partial charge in [0.2, 0.25) is 11.8 Å². The van der Waals surface area contributed by atoms with Crippen molar-refractivity contribution in [3.05, 3.63) is 17.1 Å². The molecule has 2 aliphatic heterocycles. The van der Waals surface area contributed by atoms with E-state index in [0.29, 0.717) is 30.6 Å². The van der Waals surface area contributed by atoms with Crippen LogP contribution in [0.25, 0.3) is 0 Å². The molecule has 2 saturated carbocycles. The van der Waals surface area contributed by atoms with Gasteiger partial charge < -0.3 is 4.90 Å². The molecule has 31 heavy (non-hydrogen) atoms. The number of nitrogens with zero attached hydrogens (tertiary/aromatic N) is 4. The minimum absolute atomic E-state index is 0.174. The number of aromatic nitrogens is 2. The number of piperidine rings is 1. The molecule has 0 bridgehead atoms. The maximum atomic E-state index is 13.0. The average Bonchev–Trinajstić information content (AvgIpc) is 3.61. The molecule has 168 valence electrons. The normalized spacial score (nSPS) is 24.9. The van der Waals surface area contributed by atoms with E-state index >= 15 is 0 Å². The van der Waals surface area contributed by atoms with Gasteiger partial charge in [-0.15, -0.1) is 0 Å². The third-order valence-corrected chi connectivity index (χ3v) is 7.82. The number of hydrogen-bond donors (Lipinski definition) is 0. The number of aryl methyl sites for hydroxylation is 1. The van der Waals surface area contributed by atoms with Crippen molar-refractivity contribution in [2.45, 2.75) is 89.9 Å². The molecule has 0 N–H and O–H groups in total. The van der Waals surface area contributed by atoms with E-state index in [-0.39, 0.29) is 11.8 Å². The van der Waals surface area contributed by atoms with Crippen molar-refractivity contribution >= 4 is 17.6 Å². The number of carbonyl (C=O) groups is 2. The van der Waals surface area contributed by atoms with Crippen LogP contribution in [0, 0.1) is 18.8 Å². The Morgan fingerprint density at radius 3 is 2.55 bits per heavy atom. The van der Waals surface area contributed by atoms with Crippen molar-refractivity contribution in [1.82, 2.24) is 14.9 Å². The third kappa shape index (κ3) is 4.63. The minimum atomic E-state index is 0.174. The van der Waals surface area contributed by atoms with Crippen LogP contribution < -0.4 is 4.90 Å². The maximum absolute atomic E-state index is 13.0. The van der Waals surface area contributed by atoms with E-state index in [0.717, 1.165) is 61.8 Å². The summed E-state index contributed by atoms with van der Waals surface area (Å²) in [5.74, 6) is 3.60. The summed E-state index contributed by atoms with van der Waals surface area (Å²) in [6.07, 6.45) is 12.8. The summed E-state index contributed by atoms with van der Waals surface area (Å²) in [5.41, 5.74) is 2.16. The quantitative estimate of drug-likeness (QED) is 0.712. The van der Waals surface area contributed by atoms with E-state index < -0.39 is 0 Å². The Kier molecular flexibility index (Phi) is 5.98. The van der Waals surface area contributed by atoms with Crippen LogP contribution in [0.1, 0.15) is 93.6 Å². The fourth-order valence-corrected chi connectivity index (χ4v) is 5.71. The fraction of sp³-hybridized carbons (Fsp3) is 0.760. The lowest BCUT2D eigenvalue weighted by atomic mass is 9.86. The number of anilines is 1. The first-order valence-electron chi connectivity index (χ1n) is 12.5. The molecule has 1 saturated heterocycles. The van der Waals surface area contributed by atoms with Crippen molar-refractivity contribution in [3.8, 4) is 0 Å². The predicted molar refractivity (Wildman–Crippen MR) is 120 cm³/mol. The maximum Gasteiger partial charge on any atom is 0.228 e. The lowest BCUT2D eigenvalue weighted by Crippen LogP contribution is -2.41. The third-order valence-electron chi connectivity index (χ3n) is 7.82. The molecule has 0 unspecified atom stereocenters. The predicted octanol–water partition coefficient (Wildman–Crippen LogP) is 4.15. The van der Waals surface area contributed by atoms with Gasteiger partial charge in [0.05, 0.1) is 0 Å². The highest BCUT2D eigenvalue weighted by atomic mass is 16.2. The molecule has 3 heterocycles. The second-order valence-corrected chi connectivity index (χ2v) is 10.3. The highest BCUT2D eigenvalue weighted by Gasteiger charge is 2.35. The van der Waals surface area contributed by atoms with Crippen LogP contribution in [0.3, 0.4) is 0 Å². The molecule has 0 spiro atoms.